The summed E-state index contributed by atoms with van der Waals surface area (Å²) in [6.45, 7) is 0.439. The Morgan fingerprint density at radius 2 is 1.78 bits per heavy atom. The van der Waals surface area contributed by atoms with Crippen molar-refractivity contribution in [3.8, 4) is 5.75 Å². The highest BCUT2D eigenvalue weighted by Gasteiger charge is 2.35. The molecule has 1 aromatic rings. The van der Waals surface area contributed by atoms with Gasteiger partial charge in [-0.05, 0) is 18.9 Å². The molecule has 100 valence electrons. The van der Waals surface area contributed by atoms with E-state index in [9.17, 15) is 8.78 Å². The molecule has 2 N–H and O–H groups in total. The highest BCUT2D eigenvalue weighted by atomic mass is 19.2. The number of rotatable bonds is 3. The average Bonchev–Trinajstić information content (AvgIpc) is 2.42. The molecule has 1 saturated carbocycles. The van der Waals surface area contributed by atoms with Crippen LogP contribution in [0.2, 0.25) is 0 Å². The van der Waals surface area contributed by atoms with E-state index in [-0.39, 0.29) is 5.41 Å². The molecule has 0 heterocycles. The Morgan fingerprint density at radius 3 is 2.33 bits per heavy atom. The summed E-state index contributed by atoms with van der Waals surface area (Å²) in [6.07, 6.45) is 5.13. The smallest absolute Gasteiger partial charge is 0.162 e. The topological polar surface area (TPSA) is 35.2 Å². The van der Waals surface area contributed by atoms with Gasteiger partial charge in [0.2, 0.25) is 0 Å². The van der Waals surface area contributed by atoms with E-state index in [4.69, 9.17) is 10.5 Å². The van der Waals surface area contributed by atoms with Crippen molar-refractivity contribution < 1.29 is 13.5 Å². The maximum Gasteiger partial charge on any atom is 0.162 e. The molecule has 1 aliphatic rings. The average molecular weight is 255 g/mol. The number of ether oxygens (including phenoxy) is 1. The van der Waals surface area contributed by atoms with Gasteiger partial charge in [0.05, 0.1) is 7.11 Å². The minimum absolute atomic E-state index is 0.266. The zero-order chi connectivity index (χ0) is 13.2. The van der Waals surface area contributed by atoms with Crippen LogP contribution >= 0.6 is 0 Å². The van der Waals surface area contributed by atoms with Crippen LogP contribution in [0.25, 0.3) is 0 Å². The van der Waals surface area contributed by atoms with Crippen molar-refractivity contribution in [2.45, 2.75) is 37.5 Å². The molecule has 0 saturated heterocycles. The number of methoxy groups -OCH3 is 1. The van der Waals surface area contributed by atoms with Gasteiger partial charge in [-0.15, -0.1) is 0 Å². The lowest BCUT2D eigenvalue weighted by Gasteiger charge is -2.37. The summed E-state index contributed by atoms with van der Waals surface area (Å²) in [5.74, 6) is -1.30. The highest BCUT2D eigenvalue weighted by Crippen LogP contribution is 2.43. The van der Waals surface area contributed by atoms with Crippen LogP contribution in [0.5, 0.6) is 5.75 Å². The van der Waals surface area contributed by atoms with Crippen molar-refractivity contribution in [2.24, 2.45) is 5.73 Å². The number of benzene rings is 1. The lowest BCUT2D eigenvalue weighted by atomic mass is 9.69. The number of hydrogen-bond donors (Lipinski definition) is 1. The van der Waals surface area contributed by atoms with Gasteiger partial charge in [-0.3, -0.25) is 0 Å². The van der Waals surface area contributed by atoms with Gasteiger partial charge < -0.3 is 10.5 Å². The first-order valence-corrected chi connectivity index (χ1v) is 6.36. The molecule has 0 bridgehead atoms. The Hall–Kier alpha value is -1.16. The maximum absolute atomic E-state index is 13.5. The fourth-order valence-electron chi connectivity index (χ4n) is 2.92. The minimum Gasteiger partial charge on any atom is -0.496 e. The van der Waals surface area contributed by atoms with Gasteiger partial charge in [-0.1, -0.05) is 19.3 Å². The van der Waals surface area contributed by atoms with Crippen molar-refractivity contribution >= 4 is 0 Å². The molecule has 0 aromatic heterocycles. The van der Waals surface area contributed by atoms with Crippen molar-refractivity contribution in [1.82, 2.24) is 0 Å². The van der Waals surface area contributed by atoms with Crippen LogP contribution < -0.4 is 10.5 Å². The van der Waals surface area contributed by atoms with E-state index in [1.807, 2.05) is 0 Å². The van der Waals surface area contributed by atoms with Gasteiger partial charge in [0, 0.05) is 23.6 Å². The first kappa shape index (κ1) is 13.3. The minimum atomic E-state index is -0.876. The summed E-state index contributed by atoms with van der Waals surface area (Å²) in [5.41, 5.74) is 6.36. The molecule has 1 fully saturated rings. The SMILES string of the molecule is COc1cc(F)c(F)cc1C1(CN)CCCCC1. The van der Waals surface area contributed by atoms with Crippen LogP contribution in [0.1, 0.15) is 37.7 Å². The lowest BCUT2D eigenvalue weighted by molar-refractivity contribution is 0.285. The van der Waals surface area contributed by atoms with E-state index >= 15 is 0 Å². The Balaban J connectivity index is 2.49. The molecular weight excluding hydrogens is 236 g/mol. The van der Waals surface area contributed by atoms with Crippen molar-refractivity contribution in [3.63, 3.8) is 0 Å². The Morgan fingerprint density at radius 1 is 1.17 bits per heavy atom. The number of nitrogens with two attached hydrogens (primary N) is 1. The van der Waals surface area contributed by atoms with E-state index in [1.165, 1.54) is 19.6 Å². The molecule has 2 rings (SSSR count). The Bertz CT molecular complexity index is 428. The second-order valence-corrected chi connectivity index (χ2v) is 5.01. The second kappa shape index (κ2) is 5.22. The molecule has 0 amide bonds. The molecule has 1 aliphatic carbocycles. The van der Waals surface area contributed by atoms with Gasteiger partial charge in [0.1, 0.15) is 5.75 Å². The lowest BCUT2D eigenvalue weighted by Crippen LogP contribution is -2.37. The van der Waals surface area contributed by atoms with E-state index in [1.54, 1.807) is 0 Å². The first-order valence-electron chi connectivity index (χ1n) is 6.36. The molecule has 0 unspecified atom stereocenters. The zero-order valence-corrected chi connectivity index (χ0v) is 10.6. The van der Waals surface area contributed by atoms with Crippen LogP contribution in [0, 0.1) is 11.6 Å². The largest absolute Gasteiger partial charge is 0.496 e. The third kappa shape index (κ3) is 2.21. The molecule has 2 nitrogen and oxygen atoms in total. The summed E-state index contributed by atoms with van der Waals surface area (Å²) in [7, 11) is 1.48. The molecule has 0 atom stereocenters. The highest BCUT2D eigenvalue weighted by molar-refractivity contribution is 5.41. The molecule has 4 heteroatoms. The van der Waals surface area contributed by atoms with Gasteiger partial charge in [0.15, 0.2) is 11.6 Å². The van der Waals surface area contributed by atoms with Gasteiger partial charge in [-0.25, -0.2) is 8.78 Å². The van der Waals surface area contributed by atoms with Crippen molar-refractivity contribution in [2.75, 3.05) is 13.7 Å². The van der Waals surface area contributed by atoms with Crippen molar-refractivity contribution in [1.29, 1.82) is 0 Å². The molecule has 0 aliphatic heterocycles. The standard InChI is InChI=1S/C14H19F2NO/c1-18-13-8-12(16)11(15)7-10(13)14(9-17)5-3-2-4-6-14/h7-8H,2-6,9,17H2,1H3. The molecule has 0 spiro atoms. The van der Waals surface area contributed by atoms with Crippen LogP contribution in [-0.4, -0.2) is 13.7 Å². The predicted molar refractivity (Wildman–Crippen MR) is 66.7 cm³/mol. The van der Waals surface area contributed by atoms with Gasteiger partial charge in [-0.2, -0.15) is 0 Å². The van der Waals surface area contributed by atoms with Gasteiger partial charge in [0.25, 0.3) is 0 Å². The first-order chi connectivity index (χ1) is 8.63. The summed E-state index contributed by atoms with van der Waals surface area (Å²) >= 11 is 0. The quantitative estimate of drug-likeness (QED) is 0.900. The Labute approximate surface area is 106 Å². The van der Waals surface area contributed by atoms with Crippen molar-refractivity contribution in [3.05, 3.63) is 29.3 Å². The third-order valence-electron chi connectivity index (χ3n) is 4.02. The fourth-order valence-corrected chi connectivity index (χ4v) is 2.92. The van der Waals surface area contributed by atoms with Crippen LogP contribution in [0.15, 0.2) is 12.1 Å². The molecule has 1 aromatic carbocycles. The molecule has 18 heavy (non-hydrogen) atoms. The number of hydrogen-bond acceptors (Lipinski definition) is 2. The van der Waals surface area contributed by atoms with Crippen LogP contribution in [-0.2, 0) is 5.41 Å². The number of halogens is 2. The fraction of sp³-hybridized carbons (Fsp3) is 0.571. The summed E-state index contributed by atoms with van der Waals surface area (Å²) < 4.78 is 31.9. The summed E-state index contributed by atoms with van der Waals surface area (Å²) in [4.78, 5) is 0. The zero-order valence-electron chi connectivity index (χ0n) is 10.6. The molecular formula is C14H19F2NO. The van der Waals surface area contributed by atoms with Crippen LogP contribution in [0.4, 0.5) is 8.78 Å². The van der Waals surface area contributed by atoms with Crippen LogP contribution in [0.3, 0.4) is 0 Å². The summed E-state index contributed by atoms with van der Waals surface area (Å²) in [6, 6.07) is 2.38. The van der Waals surface area contributed by atoms with Gasteiger partial charge >= 0.3 is 0 Å². The Kier molecular flexibility index (Phi) is 3.85. The van der Waals surface area contributed by atoms with E-state index in [0.29, 0.717) is 17.9 Å². The van der Waals surface area contributed by atoms with E-state index in [0.717, 1.165) is 31.7 Å². The van der Waals surface area contributed by atoms with E-state index < -0.39 is 11.6 Å². The third-order valence-corrected chi connectivity index (χ3v) is 4.02. The monoisotopic (exact) mass is 255 g/mol. The maximum atomic E-state index is 13.5. The molecule has 0 radical (unpaired) electrons. The summed E-state index contributed by atoms with van der Waals surface area (Å²) in [5, 5.41) is 0. The van der Waals surface area contributed by atoms with E-state index in [2.05, 4.69) is 0 Å². The predicted octanol–water partition coefficient (Wildman–Crippen LogP) is 3.13. The second-order valence-electron chi connectivity index (χ2n) is 5.01. The normalized spacial score (nSPS) is 18.7.